The zero-order valence-corrected chi connectivity index (χ0v) is 8.20. The number of benzene rings is 1. The zero-order chi connectivity index (χ0) is 10.1. The first kappa shape index (κ1) is 8.87. The van der Waals surface area contributed by atoms with Crippen LogP contribution in [0.15, 0.2) is 23.3 Å². The highest BCUT2D eigenvalue weighted by Crippen LogP contribution is 2.25. The normalized spacial score (nSPS) is 13.9. The average Bonchev–Trinajstić information content (AvgIpc) is 2.47. The molecule has 4 nitrogen and oxygen atoms in total. The Hall–Kier alpha value is -1.71. The number of hydrogen-bond donors (Lipinski definition) is 2. The number of hydrogen-bond acceptors (Lipinski definition) is 2. The molecule has 0 aliphatic carbocycles. The molecule has 0 bridgehead atoms. The van der Waals surface area contributed by atoms with Gasteiger partial charge in [0.05, 0.1) is 13.1 Å². The molecular formula is C10H14N4. The Bertz CT molecular complexity index is 380. The third-order valence-electron chi connectivity index (χ3n) is 2.46. The molecule has 0 spiro atoms. The number of hydrazone groups is 1. The minimum absolute atomic E-state index is 0.121. The first-order chi connectivity index (χ1) is 6.66. The van der Waals surface area contributed by atoms with Crippen molar-refractivity contribution in [3.8, 4) is 0 Å². The number of nitrogens with zero attached hydrogens (tertiary/aromatic N) is 2. The number of rotatable bonds is 1. The lowest BCUT2D eigenvalue weighted by molar-refractivity contribution is 0.299. The Morgan fingerprint density at radius 2 is 2.14 bits per heavy atom. The number of nitrogens with two attached hydrogens (primary N) is 2. The molecule has 74 valence electrons. The van der Waals surface area contributed by atoms with E-state index in [4.69, 9.17) is 11.5 Å². The van der Waals surface area contributed by atoms with Crippen LogP contribution in [0.5, 0.6) is 0 Å². The minimum Gasteiger partial charge on any atom is -0.369 e. The predicted octanol–water partition coefficient (Wildman–Crippen LogP) is 0.499. The van der Waals surface area contributed by atoms with E-state index in [0.29, 0.717) is 0 Å². The van der Waals surface area contributed by atoms with E-state index in [-0.39, 0.29) is 5.96 Å². The molecule has 0 aromatic heterocycles. The summed E-state index contributed by atoms with van der Waals surface area (Å²) in [7, 11) is 0. The second-order valence-electron chi connectivity index (χ2n) is 3.56. The molecule has 1 aliphatic rings. The lowest BCUT2D eigenvalue weighted by Crippen LogP contribution is -2.26. The summed E-state index contributed by atoms with van der Waals surface area (Å²) in [5.41, 5.74) is 14.6. The van der Waals surface area contributed by atoms with Crippen molar-refractivity contribution in [3.05, 3.63) is 34.9 Å². The van der Waals surface area contributed by atoms with Crippen molar-refractivity contribution in [1.82, 2.24) is 5.01 Å². The molecule has 0 unspecified atom stereocenters. The fourth-order valence-electron chi connectivity index (χ4n) is 1.81. The second kappa shape index (κ2) is 3.21. The Morgan fingerprint density at radius 1 is 1.36 bits per heavy atom. The van der Waals surface area contributed by atoms with Gasteiger partial charge in [-0.1, -0.05) is 18.2 Å². The van der Waals surface area contributed by atoms with Crippen LogP contribution in [0.25, 0.3) is 0 Å². The molecule has 1 aromatic rings. The van der Waals surface area contributed by atoms with E-state index in [1.807, 2.05) is 5.01 Å². The monoisotopic (exact) mass is 190 g/mol. The molecule has 4 N–H and O–H groups in total. The van der Waals surface area contributed by atoms with Gasteiger partial charge >= 0.3 is 0 Å². The van der Waals surface area contributed by atoms with Gasteiger partial charge in [-0.15, -0.1) is 5.10 Å². The summed E-state index contributed by atoms with van der Waals surface area (Å²) >= 11 is 0. The SMILES string of the molecule is Cc1cccc2c1CN(N=C(N)N)C2. The lowest BCUT2D eigenvalue weighted by atomic mass is 10.1. The Labute approximate surface area is 83.2 Å². The van der Waals surface area contributed by atoms with Crippen molar-refractivity contribution in [1.29, 1.82) is 0 Å². The summed E-state index contributed by atoms with van der Waals surface area (Å²) in [5.74, 6) is 0.121. The number of guanidine groups is 1. The maximum atomic E-state index is 5.33. The maximum absolute atomic E-state index is 5.33. The van der Waals surface area contributed by atoms with Crippen LogP contribution in [0.3, 0.4) is 0 Å². The largest absolute Gasteiger partial charge is 0.369 e. The smallest absolute Gasteiger partial charge is 0.208 e. The molecular weight excluding hydrogens is 176 g/mol. The second-order valence-corrected chi connectivity index (χ2v) is 3.56. The number of fused-ring (bicyclic) bond motifs is 1. The first-order valence-electron chi connectivity index (χ1n) is 4.58. The molecule has 14 heavy (non-hydrogen) atoms. The first-order valence-corrected chi connectivity index (χ1v) is 4.58. The molecule has 0 amide bonds. The van der Waals surface area contributed by atoms with Crippen LogP contribution in [0.2, 0.25) is 0 Å². The third kappa shape index (κ3) is 1.51. The standard InChI is InChI=1S/C10H14N4/c1-7-3-2-4-8-5-14(6-9(7)8)13-10(11)12/h2-4H,5-6H2,1H3,(H4,11,12,13). The molecule has 4 heteroatoms. The highest BCUT2D eigenvalue weighted by atomic mass is 15.5. The van der Waals surface area contributed by atoms with Crippen LogP contribution in [0, 0.1) is 6.92 Å². The third-order valence-corrected chi connectivity index (χ3v) is 2.46. The van der Waals surface area contributed by atoms with Crippen LogP contribution < -0.4 is 11.5 Å². The summed E-state index contributed by atoms with van der Waals surface area (Å²) in [6.07, 6.45) is 0. The summed E-state index contributed by atoms with van der Waals surface area (Å²) in [6.45, 7) is 3.71. The fraction of sp³-hybridized carbons (Fsp3) is 0.300. The lowest BCUT2D eigenvalue weighted by Gasteiger charge is -2.09. The van der Waals surface area contributed by atoms with E-state index in [1.54, 1.807) is 0 Å². The van der Waals surface area contributed by atoms with Gasteiger partial charge in [-0.05, 0) is 23.6 Å². The van der Waals surface area contributed by atoms with E-state index >= 15 is 0 Å². The van der Waals surface area contributed by atoms with Gasteiger partial charge in [-0.2, -0.15) is 0 Å². The summed E-state index contributed by atoms with van der Waals surface area (Å²) in [5, 5.41) is 5.92. The van der Waals surface area contributed by atoms with E-state index in [2.05, 4.69) is 30.2 Å². The van der Waals surface area contributed by atoms with Crippen molar-refractivity contribution in [2.45, 2.75) is 20.0 Å². The van der Waals surface area contributed by atoms with Crippen LogP contribution in [0.4, 0.5) is 0 Å². The Kier molecular flexibility index (Phi) is 2.04. The van der Waals surface area contributed by atoms with Gasteiger partial charge in [-0.3, -0.25) is 5.01 Å². The van der Waals surface area contributed by atoms with Gasteiger partial charge in [0.1, 0.15) is 0 Å². The predicted molar refractivity (Wildman–Crippen MR) is 56.2 cm³/mol. The maximum Gasteiger partial charge on any atom is 0.208 e. The highest BCUT2D eigenvalue weighted by Gasteiger charge is 2.18. The van der Waals surface area contributed by atoms with Gasteiger partial charge in [0.2, 0.25) is 5.96 Å². The summed E-state index contributed by atoms with van der Waals surface area (Å²) in [6, 6.07) is 6.29. The van der Waals surface area contributed by atoms with E-state index < -0.39 is 0 Å². The summed E-state index contributed by atoms with van der Waals surface area (Å²) < 4.78 is 0. The molecule has 0 radical (unpaired) electrons. The topological polar surface area (TPSA) is 67.6 Å². The highest BCUT2D eigenvalue weighted by molar-refractivity contribution is 5.75. The van der Waals surface area contributed by atoms with Crippen molar-refractivity contribution in [3.63, 3.8) is 0 Å². The minimum atomic E-state index is 0.121. The fourth-order valence-corrected chi connectivity index (χ4v) is 1.81. The molecule has 0 saturated carbocycles. The molecule has 1 heterocycles. The average molecular weight is 190 g/mol. The van der Waals surface area contributed by atoms with Crippen molar-refractivity contribution >= 4 is 5.96 Å². The summed E-state index contributed by atoms with van der Waals surface area (Å²) in [4.78, 5) is 0. The molecule has 0 fully saturated rings. The van der Waals surface area contributed by atoms with Crippen LogP contribution in [-0.2, 0) is 13.1 Å². The van der Waals surface area contributed by atoms with Crippen molar-refractivity contribution < 1.29 is 0 Å². The van der Waals surface area contributed by atoms with Crippen LogP contribution in [-0.4, -0.2) is 11.0 Å². The van der Waals surface area contributed by atoms with Crippen LogP contribution >= 0.6 is 0 Å². The molecule has 1 aromatic carbocycles. The molecule has 2 rings (SSSR count). The van der Waals surface area contributed by atoms with Gasteiger partial charge in [0, 0.05) is 0 Å². The molecule has 0 saturated heterocycles. The Balaban J connectivity index is 2.26. The van der Waals surface area contributed by atoms with E-state index in [9.17, 15) is 0 Å². The van der Waals surface area contributed by atoms with Gasteiger partial charge in [-0.25, -0.2) is 0 Å². The van der Waals surface area contributed by atoms with Crippen LogP contribution in [0.1, 0.15) is 16.7 Å². The zero-order valence-electron chi connectivity index (χ0n) is 8.20. The molecule has 0 atom stereocenters. The van der Waals surface area contributed by atoms with E-state index in [1.165, 1.54) is 16.7 Å². The van der Waals surface area contributed by atoms with Gasteiger partial charge in [0.25, 0.3) is 0 Å². The van der Waals surface area contributed by atoms with E-state index in [0.717, 1.165) is 13.1 Å². The van der Waals surface area contributed by atoms with Gasteiger partial charge in [0.15, 0.2) is 0 Å². The quantitative estimate of drug-likeness (QED) is 0.500. The van der Waals surface area contributed by atoms with Crippen molar-refractivity contribution in [2.75, 3.05) is 0 Å². The number of aryl methyl sites for hydroxylation is 1. The van der Waals surface area contributed by atoms with Crippen molar-refractivity contribution in [2.24, 2.45) is 16.6 Å². The molecule has 1 aliphatic heterocycles. The van der Waals surface area contributed by atoms with Gasteiger partial charge < -0.3 is 11.5 Å². The Morgan fingerprint density at radius 3 is 2.79 bits per heavy atom.